The summed E-state index contributed by atoms with van der Waals surface area (Å²) in [5.74, 6) is -3.08. The molecular formula is C19H14ClF2N3O3. The van der Waals surface area contributed by atoms with E-state index in [1.807, 2.05) is 0 Å². The summed E-state index contributed by atoms with van der Waals surface area (Å²) in [4.78, 5) is 20.5. The molecule has 1 aromatic heterocycles. The number of anilines is 1. The molecule has 0 aliphatic carbocycles. The maximum absolute atomic E-state index is 14.6. The van der Waals surface area contributed by atoms with Crippen molar-refractivity contribution in [2.45, 2.75) is 13.5 Å². The van der Waals surface area contributed by atoms with Crippen LogP contribution in [0.4, 0.5) is 14.5 Å². The van der Waals surface area contributed by atoms with Crippen LogP contribution in [0.2, 0.25) is 5.02 Å². The molecule has 3 N–H and O–H groups in total. The van der Waals surface area contributed by atoms with Crippen molar-refractivity contribution in [2.24, 2.45) is 0 Å². The van der Waals surface area contributed by atoms with Gasteiger partial charge in [-0.3, -0.25) is 9.78 Å². The molecular weight excluding hydrogens is 392 g/mol. The van der Waals surface area contributed by atoms with Crippen LogP contribution < -0.4 is 5.32 Å². The fourth-order valence-electron chi connectivity index (χ4n) is 2.53. The number of para-hydroxylation sites is 1. The van der Waals surface area contributed by atoms with E-state index in [1.165, 1.54) is 18.3 Å². The van der Waals surface area contributed by atoms with Gasteiger partial charge < -0.3 is 15.5 Å². The number of nitrogens with zero attached hydrogens (tertiary/aromatic N) is 2. The monoisotopic (exact) mass is 405 g/mol. The molecule has 28 heavy (non-hydrogen) atoms. The van der Waals surface area contributed by atoms with Crippen molar-refractivity contribution in [3.8, 4) is 17.0 Å². The van der Waals surface area contributed by atoms with E-state index in [-0.39, 0.29) is 28.6 Å². The van der Waals surface area contributed by atoms with E-state index in [4.69, 9.17) is 16.7 Å². The number of phenolic OH excluding ortho intramolecular Hbond substituents is 1. The fraction of sp³-hybridized carbons (Fsp3) is 0.105. The van der Waals surface area contributed by atoms with Crippen LogP contribution in [0.15, 0.2) is 36.5 Å². The third kappa shape index (κ3) is 3.78. The number of aliphatic hydroxyl groups excluding tert-OH is 1. The Kier molecular flexibility index (Phi) is 5.53. The largest absolute Gasteiger partial charge is 0.507 e. The Hall–Kier alpha value is -3.10. The van der Waals surface area contributed by atoms with E-state index in [0.717, 1.165) is 18.2 Å². The molecule has 0 radical (unpaired) electrons. The molecule has 0 fully saturated rings. The van der Waals surface area contributed by atoms with Crippen molar-refractivity contribution >= 4 is 23.2 Å². The molecule has 0 bridgehead atoms. The highest BCUT2D eigenvalue weighted by atomic mass is 35.5. The predicted octanol–water partition coefficient (Wildman–Crippen LogP) is 3.83. The summed E-state index contributed by atoms with van der Waals surface area (Å²) >= 11 is 5.85. The molecule has 3 aromatic rings. The average molecular weight is 406 g/mol. The first kappa shape index (κ1) is 19.7. The standard InChI is InChI=1S/C19H14ClF2N3O3/c1-9-16(8-26)23-7-15(24-9)10-6-17(27)11(5-14(10)22)19(28)25-18-12(20)3-2-4-13(18)21/h2-7,26-27H,8H2,1H3,(H,25,28). The van der Waals surface area contributed by atoms with E-state index >= 15 is 0 Å². The van der Waals surface area contributed by atoms with Gasteiger partial charge in [-0.2, -0.15) is 0 Å². The van der Waals surface area contributed by atoms with Gasteiger partial charge in [0.2, 0.25) is 0 Å². The van der Waals surface area contributed by atoms with E-state index in [1.54, 1.807) is 6.92 Å². The number of nitrogens with one attached hydrogen (secondary N) is 1. The zero-order valence-electron chi connectivity index (χ0n) is 14.5. The summed E-state index contributed by atoms with van der Waals surface area (Å²) in [6.07, 6.45) is 1.25. The number of phenols is 1. The summed E-state index contributed by atoms with van der Waals surface area (Å²) in [7, 11) is 0. The summed E-state index contributed by atoms with van der Waals surface area (Å²) in [5.41, 5.74) is 0.0853. The van der Waals surface area contributed by atoms with Gasteiger partial charge in [0.05, 0.1) is 46.2 Å². The predicted molar refractivity (Wildman–Crippen MR) is 99.1 cm³/mol. The summed E-state index contributed by atoms with van der Waals surface area (Å²) in [6, 6.07) is 5.67. The van der Waals surface area contributed by atoms with Gasteiger partial charge in [-0.15, -0.1) is 0 Å². The number of aromatic nitrogens is 2. The highest BCUT2D eigenvalue weighted by Crippen LogP contribution is 2.31. The van der Waals surface area contributed by atoms with Crippen LogP contribution >= 0.6 is 11.6 Å². The lowest BCUT2D eigenvalue weighted by molar-refractivity contribution is 0.102. The normalized spacial score (nSPS) is 10.8. The summed E-state index contributed by atoms with van der Waals surface area (Å²) in [5, 5.41) is 21.5. The number of halogens is 3. The number of aryl methyl sites for hydroxylation is 1. The summed E-state index contributed by atoms with van der Waals surface area (Å²) in [6.45, 7) is 1.28. The van der Waals surface area contributed by atoms with Crippen LogP contribution in [0.25, 0.3) is 11.3 Å². The van der Waals surface area contributed by atoms with E-state index < -0.39 is 28.9 Å². The third-order valence-corrected chi connectivity index (χ3v) is 4.32. The Labute approximate surface area is 163 Å². The first-order valence-corrected chi connectivity index (χ1v) is 8.41. The lowest BCUT2D eigenvalue weighted by atomic mass is 10.1. The number of benzene rings is 2. The number of aliphatic hydroxyl groups is 1. The van der Waals surface area contributed by atoms with E-state index in [9.17, 15) is 18.7 Å². The van der Waals surface area contributed by atoms with Gasteiger partial charge in [0.25, 0.3) is 5.91 Å². The van der Waals surface area contributed by atoms with Gasteiger partial charge in [-0.1, -0.05) is 17.7 Å². The molecule has 6 nitrogen and oxygen atoms in total. The smallest absolute Gasteiger partial charge is 0.259 e. The number of hydrogen-bond acceptors (Lipinski definition) is 5. The molecule has 9 heteroatoms. The minimum atomic E-state index is -0.937. The van der Waals surface area contributed by atoms with Crippen molar-refractivity contribution < 1.29 is 23.8 Å². The van der Waals surface area contributed by atoms with Crippen LogP contribution in [-0.4, -0.2) is 26.1 Å². The van der Waals surface area contributed by atoms with Crippen molar-refractivity contribution in [3.05, 3.63) is 70.1 Å². The molecule has 0 saturated heterocycles. The minimum Gasteiger partial charge on any atom is -0.507 e. The number of carbonyl (C=O) groups excluding carboxylic acids is 1. The van der Waals surface area contributed by atoms with E-state index in [0.29, 0.717) is 11.4 Å². The zero-order valence-corrected chi connectivity index (χ0v) is 15.3. The third-order valence-electron chi connectivity index (χ3n) is 4.01. The molecule has 0 aliphatic heterocycles. The molecule has 3 rings (SSSR count). The van der Waals surface area contributed by atoms with Crippen molar-refractivity contribution in [3.63, 3.8) is 0 Å². The number of carbonyl (C=O) groups is 1. The topological polar surface area (TPSA) is 95.3 Å². The zero-order chi connectivity index (χ0) is 20.4. The van der Waals surface area contributed by atoms with Crippen LogP contribution in [0.5, 0.6) is 5.75 Å². The first-order chi connectivity index (χ1) is 13.3. The Morgan fingerprint density at radius 1 is 1.25 bits per heavy atom. The molecule has 2 aromatic carbocycles. The average Bonchev–Trinajstić information content (AvgIpc) is 2.66. The molecule has 144 valence electrons. The highest BCUT2D eigenvalue weighted by Gasteiger charge is 2.20. The van der Waals surface area contributed by atoms with Gasteiger partial charge in [0.15, 0.2) is 0 Å². The number of rotatable bonds is 4. The Morgan fingerprint density at radius 2 is 2.00 bits per heavy atom. The maximum Gasteiger partial charge on any atom is 0.259 e. The van der Waals surface area contributed by atoms with Gasteiger partial charge >= 0.3 is 0 Å². The molecule has 0 saturated carbocycles. The molecule has 0 unspecified atom stereocenters. The molecule has 1 amide bonds. The Bertz CT molecular complexity index is 1060. The second-order valence-corrected chi connectivity index (χ2v) is 6.25. The van der Waals surface area contributed by atoms with Crippen LogP contribution in [0.3, 0.4) is 0 Å². The minimum absolute atomic E-state index is 0.0420. The molecule has 1 heterocycles. The first-order valence-electron chi connectivity index (χ1n) is 8.03. The maximum atomic E-state index is 14.6. The molecule has 0 aliphatic rings. The van der Waals surface area contributed by atoms with Crippen LogP contribution in [0.1, 0.15) is 21.7 Å². The number of aromatic hydroxyl groups is 1. The second kappa shape index (κ2) is 7.87. The van der Waals surface area contributed by atoms with Gasteiger partial charge in [-0.25, -0.2) is 13.8 Å². The Morgan fingerprint density at radius 3 is 2.64 bits per heavy atom. The lowest BCUT2D eigenvalue weighted by Crippen LogP contribution is -2.14. The van der Waals surface area contributed by atoms with Crippen molar-refractivity contribution in [2.75, 3.05) is 5.32 Å². The van der Waals surface area contributed by atoms with Gasteiger partial charge in [0.1, 0.15) is 17.4 Å². The molecule has 0 spiro atoms. The second-order valence-electron chi connectivity index (χ2n) is 5.85. The van der Waals surface area contributed by atoms with Gasteiger partial charge in [0, 0.05) is 5.56 Å². The SMILES string of the molecule is Cc1nc(-c2cc(O)c(C(=O)Nc3c(F)cccc3Cl)cc2F)cnc1CO. The fourth-order valence-corrected chi connectivity index (χ4v) is 2.74. The van der Waals surface area contributed by atoms with Crippen molar-refractivity contribution in [1.82, 2.24) is 9.97 Å². The van der Waals surface area contributed by atoms with Crippen molar-refractivity contribution in [1.29, 1.82) is 0 Å². The highest BCUT2D eigenvalue weighted by molar-refractivity contribution is 6.34. The number of amides is 1. The quantitative estimate of drug-likeness (QED) is 0.613. The van der Waals surface area contributed by atoms with Crippen LogP contribution in [0, 0.1) is 18.6 Å². The molecule has 0 atom stereocenters. The lowest BCUT2D eigenvalue weighted by Gasteiger charge is -2.12. The van der Waals surface area contributed by atoms with Gasteiger partial charge in [-0.05, 0) is 31.2 Å². The number of hydrogen-bond donors (Lipinski definition) is 3. The Balaban J connectivity index is 1.96. The summed E-state index contributed by atoms with van der Waals surface area (Å²) < 4.78 is 28.4. The van der Waals surface area contributed by atoms with E-state index in [2.05, 4.69) is 15.3 Å². The van der Waals surface area contributed by atoms with Crippen LogP contribution in [-0.2, 0) is 6.61 Å².